The average Bonchev–Trinajstić information content (AvgIpc) is 2.86. The van der Waals surface area contributed by atoms with Gasteiger partial charge in [-0.1, -0.05) is 12.2 Å². The van der Waals surface area contributed by atoms with Crippen molar-refractivity contribution in [1.82, 2.24) is 0 Å². The largest absolute Gasteiger partial charge is 0.550 e. The number of carboxylic acid groups (broad SMARTS) is 1. The molecule has 1 heterocycles. The Hall–Kier alpha value is -2.15. The van der Waals surface area contributed by atoms with Crippen LogP contribution in [-0.4, -0.2) is 25.0 Å². The van der Waals surface area contributed by atoms with E-state index in [0.717, 1.165) is 4.88 Å². The molecule has 1 aliphatic rings. The summed E-state index contributed by atoms with van der Waals surface area (Å²) in [6.07, 6.45) is 4.13. The van der Waals surface area contributed by atoms with E-state index in [1.165, 1.54) is 18.4 Å². The summed E-state index contributed by atoms with van der Waals surface area (Å²) >= 11 is 1.25. The molecular weight excluding hydrogens is 306 g/mol. The third kappa shape index (κ3) is 3.36. The van der Waals surface area contributed by atoms with Crippen molar-refractivity contribution in [2.45, 2.75) is 19.8 Å². The second-order valence-corrected chi connectivity index (χ2v) is 6.31. The number of aliphatic carboxylic acids is 1. The van der Waals surface area contributed by atoms with Gasteiger partial charge in [0.2, 0.25) is 5.91 Å². The topological polar surface area (TPSA) is 95.5 Å². The molecule has 2 rings (SSSR count). The molecule has 118 valence electrons. The number of hydrogen-bond acceptors (Lipinski definition) is 6. The number of esters is 1. The molecule has 1 aromatic heterocycles. The Morgan fingerprint density at radius 2 is 1.91 bits per heavy atom. The minimum absolute atomic E-state index is 0.272. The first-order chi connectivity index (χ1) is 10.4. The highest BCUT2D eigenvalue weighted by Crippen LogP contribution is 2.31. The number of ether oxygens (including phenoxy) is 1. The van der Waals surface area contributed by atoms with Crippen LogP contribution in [0, 0.1) is 18.8 Å². The Morgan fingerprint density at radius 3 is 2.50 bits per heavy atom. The van der Waals surface area contributed by atoms with Crippen molar-refractivity contribution in [2.24, 2.45) is 11.8 Å². The fourth-order valence-corrected chi connectivity index (χ4v) is 3.34. The zero-order chi connectivity index (χ0) is 16.3. The number of anilines is 1. The fraction of sp³-hybridized carbons (Fsp3) is 0.400. The molecular formula is C15H16NO5S-. The zero-order valence-electron chi connectivity index (χ0n) is 12.3. The first kappa shape index (κ1) is 16.2. The highest BCUT2D eigenvalue weighted by Gasteiger charge is 2.31. The van der Waals surface area contributed by atoms with Gasteiger partial charge in [-0.05, 0) is 25.8 Å². The Kier molecular flexibility index (Phi) is 4.97. The van der Waals surface area contributed by atoms with E-state index < -0.39 is 29.7 Å². The molecule has 0 fully saturated rings. The number of carbonyl (C=O) groups is 3. The number of rotatable bonds is 4. The molecule has 6 nitrogen and oxygen atoms in total. The van der Waals surface area contributed by atoms with E-state index in [1.807, 2.05) is 0 Å². The van der Waals surface area contributed by atoms with Gasteiger partial charge < -0.3 is 20.0 Å². The lowest BCUT2D eigenvalue weighted by atomic mass is 9.82. The SMILES string of the molecule is COC(=O)c1cc(C)sc1NC(=O)[C@@H]1CC=CC[C@H]1C(=O)[O-]. The van der Waals surface area contributed by atoms with E-state index in [9.17, 15) is 19.5 Å². The van der Waals surface area contributed by atoms with Crippen LogP contribution in [0.15, 0.2) is 18.2 Å². The Bertz CT molecular complexity index is 634. The minimum Gasteiger partial charge on any atom is -0.550 e. The monoisotopic (exact) mass is 322 g/mol. The molecule has 0 saturated carbocycles. The first-order valence-corrected chi connectivity index (χ1v) is 7.61. The van der Waals surface area contributed by atoms with Crippen molar-refractivity contribution in [1.29, 1.82) is 0 Å². The Labute approximate surface area is 131 Å². The highest BCUT2D eigenvalue weighted by molar-refractivity contribution is 7.16. The maximum Gasteiger partial charge on any atom is 0.340 e. The van der Waals surface area contributed by atoms with Gasteiger partial charge in [0, 0.05) is 16.8 Å². The van der Waals surface area contributed by atoms with E-state index in [-0.39, 0.29) is 12.0 Å². The van der Waals surface area contributed by atoms with Crippen LogP contribution in [0.3, 0.4) is 0 Å². The van der Waals surface area contributed by atoms with Crippen molar-refractivity contribution in [3.63, 3.8) is 0 Å². The molecule has 1 aliphatic carbocycles. The van der Waals surface area contributed by atoms with Crippen LogP contribution in [0.5, 0.6) is 0 Å². The number of aryl methyl sites for hydroxylation is 1. The number of allylic oxidation sites excluding steroid dienone is 2. The van der Waals surface area contributed by atoms with E-state index >= 15 is 0 Å². The average molecular weight is 322 g/mol. The van der Waals surface area contributed by atoms with Gasteiger partial charge in [-0.2, -0.15) is 0 Å². The van der Waals surface area contributed by atoms with Gasteiger partial charge in [-0.3, -0.25) is 4.79 Å². The van der Waals surface area contributed by atoms with Crippen molar-refractivity contribution >= 4 is 34.2 Å². The molecule has 0 unspecified atom stereocenters. The quantitative estimate of drug-likeness (QED) is 0.662. The standard InChI is InChI=1S/C15H17NO5S/c1-8-7-11(15(20)21-2)13(22-8)16-12(17)9-5-3-4-6-10(9)14(18)19/h3-4,7,9-10H,5-6H2,1-2H3,(H,16,17)(H,18,19)/p-1/t9-,10-/m1/s1. The normalized spacial score (nSPS) is 20.5. The molecule has 1 amide bonds. The van der Waals surface area contributed by atoms with E-state index in [1.54, 1.807) is 25.1 Å². The van der Waals surface area contributed by atoms with E-state index in [2.05, 4.69) is 10.1 Å². The lowest BCUT2D eigenvalue weighted by Gasteiger charge is -2.28. The van der Waals surface area contributed by atoms with Crippen LogP contribution in [0.4, 0.5) is 5.00 Å². The van der Waals surface area contributed by atoms with Gasteiger partial charge in [0.05, 0.1) is 18.6 Å². The summed E-state index contributed by atoms with van der Waals surface area (Å²) in [6, 6.07) is 1.63. The van der Waals surface area contributed by atoms with Crippen molar-refractivity contribution in [3.05, 3.63) is 28.7 Å². The maximum absolute atomic E-state index is 12.4. The summed E-state index contributed by atoms with van der Waals surface area (Å²) in [6.45, 7) is 1.81. The van der Waals surface area contributed by atoms with Crippen LogP contribution in [-0.2, 0) is 14.3 Å². The Morgan fingerprint density at radius 1 is 1.27 bits per heavy atom. The zero-order valence-corrected chi connectivity index (χ0v) is 13.1. The lowest BCUT2D eigenvalue weighted by molar-refractivity contribution is -0.313. The van der Waals surface area contributed by atoms with Gasteiger partial charge in [0.1, 0.15) is 5.00 Å². The second kappa shape index (κ2) is 6.74. The molecule has 0 radical (unpaired) electrons. The molecule has 1 aromatic rings. The predicted octanol–water partition coefficient (Wildman–Crippen LogP) is 1.11. The van der Waals surface area contributed by atoms with Crippen molar-refractivity contribution in [3.8, 4) is 0 Å². The van der Waals surface area contributed by atoms with Crippen molar-refractivity contribution < 1.29 is 24.2 Å². The molecule has 22 heavy (non-hydrogen) atoms. The molecule has 0 aromatic carbocycles. The number of amides is 1. The molecule has 0 aliphatic heterocycles. The first-order valence-electron chi connectivity index (χ1n) is 6.79. The van der Waals surface area contributed by atoms with Gasteiger partial charge in [0.15, 0.2) is 0 Å². The Balaban J connectivity index is 2.20. The van der Waals surface area contributed by atoms with Crippen LogP contribution in [0.25, 0.3) is 0 Å². The van der Waals surface area contributed by atoms with Crippen LogP contribution in [0.2, 0.25) is 0 Å². The summed E-state index contributed by atoms with van der Waals surface area (Å²) in [5.74, 6) is -3.76. The van der Waals surface area contributed by atoms with Crippen LogP contribution < -0.4 is 10.4 Å². The lowest BCUT2D eigenvalue weighted by Crippen LogP contribution is -2.41. The number of thiophene rings is 1. The summed E-state index contributed by atoms with van der Waals surface area (Å²) in [5.41, 5.74) is 0.273. The smallest absolute Gasteiger partial charge is 0.340 e. The predicted molar refractivity (Wildman–Crippen MR) is 79.4 cm³/mol. The molecule has 0 saturated heterocycles. The number of hydrogen-bond donors (Lipinski definition) is 1. The van der Waals surface area contributed by atoms with Gasteiger partial charge in [-0.15, -0.1) is 11.3 Å². The summed E-state index contributed by atoms with van der Waals surface area (Å²) in [7, 11) is 1.26. The number of nitrogens with one attached hydrogen (secondary N) is 1. The second-order valence-electron chi connectivity index (χ2n) is 5.06. The van der Waals surface area contributed by atoms with Gasteiger partial charge in [0.25, 0.3) is 0 Å². The summed E-state index contributed by atoms with van der Waals surface area (Å²) in [4.78, 5) is 36.1. The minimum atomic E-state index is -1.24. The molecule has 0 spiro atoms. The third-order valence-electron chi connectivity index (χ3n) is 3.57. The molecule has 2 atom stereocenters. The molecule has 1 N–H and O–H groups in total. The van der Waals surface area contributed by atoms with Crippen LogP contribution in [0.1, 0.15) is 28.1 Å². The maximum atomic E-state index is 12.4. The summed E-state index contributed by atoms with van der Waals surface area (Å²) < 4.78 is 4.68. The fourth-order valence-electron chi connectivity index (χ4n) is 2.44. The number of carboxylic acids is 1. The third-order valence-corrected chi connectivity index (χ3v) is 4.54. The van der Waals surface area contributed by atoms with Gasteiger partial charge >= 0.3 is 5.97 Å². The molecule has 0 bridgehead atoms. The van der Waals surface area contributed by atoms with E-state index in [0.29, 0.717) is 11.4 Å². The highest BCUT2D eigenvalue weighted by atomic mass is 32.1. The number of carbonyl (C=O) groups excluding carboxylic acids is 3. The summed E-state index contributed by atoms with van der Waals surface area (Å²) in [5, 5.41) is 14.2. The molecule has 7 heteroatoms. The van der Waals surface area contributed by atoms with Crippen molar-refractivity contribution in [2.75, 3.05) is 12.4 Å². The number of methoxy groups -OCH3 is 1. The van der Waals surface area contributed by atoms with Gasteiger partial charge in [-0.25, -0.2) is 4.79 Å². The van der Waals surface area contributed by atoms with Crippen LogP contribution >= 0.6 is 11.3 Å². The van der Waals surface area contributed by atoms with E-state index in [4.69, 9.17) is 0 Å².